The Morgan fingerprint density at radius 1 is 1.25 bits per heavy atom. The molecule has 0 spiro atoms. The number of alkyl halides is 3. The molecular formula is C20H19F3N2O3. The fraction of sp³-hybridized carbons (Fsp3) is 0.350. The third-order valence-corrected chi connectivity index (χ3v) is 5.60. The fourth-order valence-electron chi connectivity index (χ4n) is 3.86. The Morgan fingerprint density at radius 3 is 2.57 bits per heavy atom. The maximum atomic E-state index is 13.0. The predicted molar refractivity (Wildman–Crippen MR) is 96.2 cm³/mol. The van der Waals surface area contributed by atoms with E-state index in [2.05, 4.69) is 10.8 Å². The lowest BCUT2D eigenvalue weighted by Gasteiger charge is -2.39. The number of rotatable bonds is 3. The first kappa shape index (κ1) is 18.8. The Bertz CT molecular complexity index is 941. The number of carboxylic acid groups (broad SMARTS) is 1. The van der Waals surface area contributed by atoms with E-state index in [1.54, 1.807) is 6.07 Å². The van der Waals surface area contributed by atoms with Crippen molar-refractivity contribution in [1.29, 1.82) is 0 Å². The normalized spacial score (nSPS) is 21.1. The summed E-state index contributed by atoms with van der Waals surface area (Å²) >= 11 is 0. The quantitative estimate of drug-likeness (QED) is 0.738. The predicted octanol–water partition coefficient (Wildman–Crippen LogP) is 2.99. The van der Waals surface area contributed by atoms with Crippen LogP contribution in [-0.4, -0.2) is 36.9 Å². The highest BCUT2D eigenvalue weighted by atomic mass is 19.4. The van der Waals surface area contributed by atoms with E-state index in [0.29, 0.717) is 25.2 Å². The van der Waals surface area contributed by atoms with Gasteiger partial charge < -0.3 is 15.3 Å². The number of hydrogen-bond acceptors (Lipinski definition) is 4. The lowest BCUT2D eigenvalue weighted by atomic mass is 9.74. The molecule has 1 aromatic carbocycles. The van der Waals surface area contributed by atoms with E-state index in [1.165, 1.54) is 0 Å². The fourth-order valence-corrected chi connectivity index (χ4v) is 3.86. The minimum atomic E-state index is -4.42. The van der Waals surface area contributed by atoms with Crippen molar-refractivity contribution in [3.05, 3.63) is 63.9 Å². The van der Waals surface area contributed by atoms with Crippen LogP contribution >= 0.6 is 0 Å². The Morgan fingerprint density at radius 2 is 2.00 bits per heavy atom. The van der Waals surface area contributed by atoms with Crippen molar-refractivity contribution in [2.24, 2.45) is 0 Å². The molecule has 0 unspecified atom stereocenters. The van der Waals surface area contributed by atoms with Crippen LogP contribution < -0.4 is 10.8 Å². The molecule has 0 bridgehead atoms. The van der Waals surface area contributed by atoms with Gasteiger partial charge >= 0.3 is 12.1 Å². The van der Waals surface area contributed by atoms with Crippen molar-refractivity contribution in [3.8, 4) is 0 Å². The highest BCUT2D eigenvalue weighted by molar-refractivity contribution is 5.84. The first-order valence-corrected chi connectivity index (χ1v) is 8.89. The summed E-state index contributed by atoms with van der Waals surface area (Å²) in [6.07, 6.45) is -2.12. The molecule has 0 atom stereocenters. The van der Waals surface area contributed by atoms with Gasteiger partial charge in [-0.05, 0) is 41.7 Å². The van der Waals surface area contributed by atoms with Gasteiger partial charge in [0.2, 0.25) is 0 Å². The smallest absolute Gasteiger partial charge is 0.416 e. The molecule has 0 aromatic heterocycles. The van der Waals surface area contributed by atoms with Gasteiger partial charge in [-0.1, -0.05) is 24.3 Å². The molecule has 0 amide bonds. The maximum absolute atomic E-state index is 13.0. The number of benzene rings is 1. The van der Waals surface area contributed by atoms with Crippen LogP contribution in [0.3, 0.4) is 0 Å². The standard InChI is InChI=1S/C20H19F3N2O3/c1-11-6-12(19(18(26)27)9-24-10-19)2-4-14(11)16-8-25-28-17-7-13(20(21,22)23)3-5-15(16)17/h2-4,6-7,24-25H,5,8-10H2,1H3,(H,26,27). The van der Waals surface area contributed by atoms with Gasteiger partial charge in [-0.25, -0.2) is 0 Å². The molecule has 28 heavy (non-hydrogen) atoms. The molecule has 3 N–H and O–H groups in total. The van der Waals surface area contributed by atoms with Crippen molar-refractivity contribution in [1.82, 2.24) is 10.8 Å². The van der Waals surface area contributed by atoms with Gasteiger partial charge in [0.1, 0.15) is 5.41 Å². The summed E-state index contributed by atoms with van der Waals surface area (Å²) in [5.41, 5.74) is 5.09. The van der Waals surface area contributed by atoms with Gasteiger partial charge in [-0.15, -0.1) is 0 Å². The van der Waals surface area contributed by atoms with E-state index in [9.17, 15) is 23.1 Å². The third-order valence-electron chi connectivity index (χ3n) is 5.60. The van der Waals surface area contributed by atoms with E-state index in [-0.39, 0.29) is 12.2 Å². The average molecular weight is 392 g/mol. The van der Waals surface area contributed by atoms with Crippen LogP contribution in [0.1, 0.15) is 23.1 Å². The minimum absolute atomic E-state index is 0.127. The molecule has 3 aliphatic rings. The van der Waals surface area contributed by atoms with Crippen LogP contribution in [0, 0.1) is 6.92 Å². The van der Waals surface area contributed by atoms with Gasteiger partial charge in [0, 0.05) is 18.7 Å². The molecule has 2 heterocycles. The molecule has 5 nitrogen and oxygen atoms in total. The Balaban J connectivity index is 1.72. The molecule has 0 radical (unpaired) electrons. The van der Waals surface area contributed by atoms with Crippen LogP contribution in [0.25, 0.3) is 5.57 Å². The summed E-state index contributed by atoms with van der Waals surface area (Å²) in [6.45, 7) is 2.99. The highest BCUT2D eigenvalue weighted by Gasteiger charge is 2.46. The molecular weight excluding hydrogens is 373 g/mol. The highest BCUT2D eigenvalue weighted by Crippen LogP contribution is 2.39. The molecule has 2 aliphatic heterocycles. The number of carbonyl (C=O) groups is 1. The second-order valence-electron chi connectivity index (χ2n) is 7.27. The van der Waals surface area contributed by atoms with Crippen molar-refractivity contribution in [3.63, 3.8) is 0 Å². The topological polar surface area (TPSA) is 70.6 Å². The van der Waals surface area contributed by atoms with Gasteiger partial charge in [0.25, 0.3) is 0 Å². The summed E-state index contributed by atoms with van der Waals surface area (Å²) < 4.78 is 39.0. The van der Waals surface area contributed by atoms with Crippen LogP contribution in [0.15, 0.2) is 47.3 Å². The SMILES string of the molecule is Cc1cc(C2(C(=O)O)CNC2)ccc1C1=C2CC=C(C(F)(F)F)C=C2ONC1. The number of aliphatic carboxylic acids is 1. The summed E-state index contributed by atoms with van der Waals surface area (Å²) in [4.78, 5) is 17.0. The van der Waals surface area contributed by atoms with Crippen molar-refractivity contribution >= 4 is 11.5 Å². The number of allylic oxidation sites excluding steroid dienone is 4. The van der Waals surface area contributed by atoms with Crippen LogP contribution in [0.5, 0.6) is 0 Å². The summed E-state index contributed by atoms with van der Waals surface area (Å²) in [6, 6.07) is 5.50. The molecule has 1 aromatic rings. The third kappa shape index (κ3) is 2.93. The number of halogens is 3. The van der Waals surface area contributed by atoms with Crippen LogP contribution in [-0.2, 0) is 15.0 Å². The van der Waals surface area contributed by atoms with Crippen LogP contribution in [0.4, 0.5) is 13.2 Å². The number of aryl methyl sites for hydroxylation is 1. The second kappa shape index (κ2) is 6.49. The zero-order valence-corrected chi connectivity index (χ0v) is 15.1. The monoisotopic (exact) mass is 392 g/mol. The molecule has 1 aliphatic carbocycles. The second-order valence-corrected chi connectivity index (χ2v) is 7.27. The maximum Gasteiger partial charge on any atom is 0.416 e. The number of carboxylic acids is 1. The first-order chi connectivity index (χ1) is 13.2. The number of fused-ring (bicyclic) bond motifs is 1. The molecule has 0 saturated carbocycles. The van der Waals surface area contributed by atoms with Gasteiger partial charge in [0.15, 0.2) is 5.76 Å². The van der Waals surface area contributed by atoms with Gasteiger partial charge in [0.05, 0.1) is 12.1 Å². The average Bonchev–Trinajstić information content (AvgIpc) is 2.59. The first-order valence-electron chi connectivity index (χ1n) is 8.89. The van der Waals surface area contributed by atoms with E-state index in [1.807, 2.05) is 19.1 Å². The van der Waals surface area contributed by atoms with Crippen LogP contribution in [0.2, 0.25) is 0 Å². The number of nitrogens with one attached hydrogen (secondary N) is 2. The van der Waals surface area contributed by atoms with Crippen molar-refractivity contribution in [2.45, 2.75) is 24.9 Å². The Hall–Kier alpha value is -2.58. The van der Waals surface area contributed by atoms with E-state index in [0.717, 1.165) is 34.4 Å². The van der Waals surface area contributed by atoms with E-state index < -0.39 is 23.1 Å². The van der Waals surface area contributed by atoms with Crippen molar-refractivity contribution < 1.29 is 27.9 Å². The van der Waals surface area contributed by atoms with Gasteiger partial charge in [-0.3, -0.25) is 4.79 Å². The Kier molecular flexibility index (Phi) is 4.35. The Labute approximate surface area is 159 Å². The van der Waals surface area contributed by atoms with E-state index >= 15 is 0 Å². The molecule has 8 heteroatoms. The zero-order valence-electron chi connectivity index (χ0n) is 15.1. The lowest BCUT2D eigenvalue weighted by Crippen LogP contribution is -2.61. The van der Waals surface area contributed by atoms with Crippen molar-refractivity contribution in [2.75, 3.05) is 19.6 Å². The van der Waals surface area contributed by atoms with Gasteiger partial charge in [-0.2, -0.15) is 18.7 Å². The zero-order chi connectivity index (χ0) is 20.1. The molecule has 1 saturated heterocycles. The lowest BCUT2D eigenvalue weighted by molar-refractivity contribution is -0.146. The van der Waals surface area contributed by atoms with E-state index in [4.69, 9.17) is 4.84 Å². The largest absolute Gasteiger partial charge is 0.481 e. The molecule has 1 fully saturated rings. The minimum Gasteiger partial charge on any atom is -0.481 e. The molecule has 4 rings (SSSR count). The summed E-state index contributed by atoms with van der Waals surface area (Å²) in [7, 11) is 0. The number of hydroxylamine groups is 1. The number of hydrogen-bond donors (Lipinski definition) is 3. The summed E-state index contributed by atoms with van der Waals surface area (Å²) in [5.74, 6) is -0.694. The molecule has 148 valence electrons. The summed E-state index contributed by atoms with van der Waals surface area (Å²) in [5, 5.41) is 12.6.